The van der Waals surface area contributed by atoms with Crippen molar-refractivity contribution in [2.24, 2.45) is 10.8 Å². The Hall–Kier alpha value is -1.38. The van der Waals surface area contributed by atoms with Crippen molar-refractivity contribution in [1.29, 1.82) is 0 Å². The number of nitrogens with one attached hydrogen (secondary N) is 1. The van der Waals surface area contributed by atoms with Crippen LogP contribution in [0.2, 0.25) is 0 Å². The topological polar surface area (TPSA) is 29.1 Å². The molecule has 1 N–H and O–H groups in total. The van der Waals surface area contributed by atoms with Crippen molar-refractivity contribution >= 4 is 5.91 Å². The Morgan fingerprint density at radius 3 is 2.11 bits per heavy atom. The molecule has 0 aliphatic rings. The molecule has 0 heterocycles. The van der Waals surface area contributed by atoms with Gasteiger partial charge >= 0.3 is 0 Å². The molecule has 0 radical (unpaired) electrons. The summed E-state index contributed by atoms with van der Waals surface area (Å²) in [6, 6.07) is 6.18. The lowest BCUT2D eigenvalue weighted by Gasteiger charge is -2.31. The molecular formula is C16H24FNO. The van der Waals surface area contributed by atoms with E-state index >= 15 is 0 Å². The van der Waals surface area contributed by atoms with E-state index in [1.165, 1.54) is 12.1 Å². The zero-order valence-electron chi connectivity index (χ0n) is 12.5. The summed E-state index contributed by atoms with van der Waals surface area (Å²) in [6.07, 6.45) is 0.815. The molecule has 0 fully saturated rings. The minimum absolute atomic E-state index is 0.0340. The molecule has 0 atom stereocenters. The minimum Gasteiger partial charge on any atom is -0.352 e. The molecule has 0 aliphatic heterocycles. The highest BCUT2D eigenvalue weighted by molar-refractivity contribution is 5.81. The van der Waals surface area contributed by atoms with Crippen molar-refractivity contribution in [3.05, 3.63) is 35.6 Å². The van der Waals surface area contributed by atoms with E-state index in [2.05, 4.69) is 26.1 Å². The fraction of sp³-hybridized carbons (Fsp3) is 0.562. The van der Waals surface area contributed by atoms with Crippen LogP contribution in [0.5, 0.6) is 0 Å². The fourth-order valence-electron chi connectivity index (χ4n) is 2.43. The normalized spacial score (nSPS) is 12.3. The number of benzene rings is 1. The van der Waals surface area contributed by atoms with E-state index in [0.717, 1.165) is 12.0 Å². The van der Waals surface area contributed by atoms with Gasteiger partial charge in [0.2, 0.25) is 5.91 Å². The number of carbonyl (C=O) groups excluding carboxylic acids is 1. The second kappa shape index (κ2) is 5.72. The van der Waals surface area contributed by atoms with Crippen LogP contribution in [0.15, 0.2) is 24.3 Å². The molecular weight excluding hydrogens is 241 g/mol. The van der Waals surface area contributed by atoms with Crippen LogP contribution in [0.3, 0.4) is 0 Å². The monoisotopic (exact) mass is 265 g/mol. The van der Waals surface area contributed by atoms with Crippen LogP contribution in [0, 0.1) is 16.6 Å². The summed E-state index contributed by atoms with van der Waals surface area (Å²) in [5, 5.41) is 2.92. The highest BCUT2D eigenvalue weighted by atomic mass is 19.1. The van der Waals surface area contributed by atoms with Crippen LogP contribution in [-0.4, -0.2) is 5.91 Å². The van der Waals surface area contributed by atoms with Gasteiger partial charge in [-0.25, -0.2) is 4.39 Å². The van der Waals surface area contributed by atoms with E-state index in [1.54, 1.807) is 12.1 Å². The predicted octanol–water partition coefficient (Wildman–Crippen LogP) is 3.90. The number of rotatable bonds is 4. The van der Waals surface area contributed by atoms with Gasteiger partial charge in [-0.1, -0.05) is 46.8 Å². The van der Waals surface area contributed by atoms with Crippen LogP contribution >= 0.6 is 0 Å². The van der Waals surface area contributed by atoms with Crippen molar-refractivity contribution in [3.8, 4) is 0 Å². The zero-order valence-corrected chi connectivity index (χ0v) is 12.5. The maximum absolute atomic E-state index is 12.8. The summed E-state index contributed by atoms with van der Waals surface area (Å²) in [7, 11) is 0. The smallest absolute Gasteiger partial charge is 0.225 e. The number of halogens is 1. The number of hydrogen-bond acceptors (Lipinski definition) is 1. The molecule has 2 nitrogen and oxygen atoms in total. The third-order valence-electron chi connectivity index (χ3n) is 2.95. The molecule has 3 heteroatoms. The fourth-order valence-corrected chi connectivity index (χ4v) is 2.43. The van der Waals surface area contributed by atoms with Crippen molar-refractivity contribution in [3.63, 3.8) is 0 Å². The number of carbonyl (C=O) groups is 1. The lowest BCUT2D eigenvalue weighted by molar-refractivity contribution is -0.131. The largest absolute Gasteiger partial charge is 0.352 e. The van der Waals surface area contributed by atoms with Gasteiger partial charge in [-0.2, -0.15) is 0 Å². The summed E-state index contributed by atoms with van der Waals surface area (Å²) in [4.78, 5) is 12.2. The molecule has 1 amide bonds. The van der Waals surface area contributed by atoms with Crippen LogP contribution < -0.4 is 5.32 Å². The Morgan fingerprint density at radius 1 is 1.11 bits per heavy atom. The molecule has 0 spiro atoms. The van der Waals surface area contributed by atoms with E-state index in [1.807, 2.05) is 13.8 Å². The Bertz CT molecular complexity index is 429. The van der Waals surface area contributed by atoms with E-state index < -0.39 is 5.41 Å². The number of hydrogen-bond donors (Lipinski definition) is 1. The molecule has 1 aromatic carbocycles. The van der Waals surface area contributed by atoms with Crippen molar-refractivity contribution in [2.75, 3.05) is 0 Å². The van der Waals surface area contributed by atoms with E-state index in [9.17, 15) is 9.18 Å². The summed E-state index contributed by atoms with van der Waals surface area (Å²) < 4.78 is 12.8. The van der Waals surface area contributed by atoms with Crippen molar-refractivity contribution in [2.45, 2.75) is 47.6 Å². The first-order valence-corrected chi connectivity index (χ1v) is 6.63. The molecule has 0 saturated carbocycles. The second-order valence-corrected chi connectivity index (χ2v) is 6.93. The Morgan fingerprint density at radius 2 is 1.63 bits per heavy atom. The predicted molar refractivity (Wildman–Crippen MR) is 76.1 cm³/mol. The maximum atomic E-state index is 12.8. The average Bonchev–Trinajstić information content (AvgIpc) is 2.24. The summed E-state index contributed by atoms with van der Waals surface area (Å²) >= 11 is 0. The highest BCUT2D eigenvalue weighted by Gasteiger charge is 2.32. The van der Waals surface area contributed by atoms with Gasteiger partial charge < -0.3 is 5.32 Å². The van der Waals surface area contributed by atoms with Gasteiger partial charge in [0, 0.05) is 12.0 Å². The van der Waals surface area contributed by atoms with Crippen LogP contribution in [-0.2, 0) is 11.3 Å². The van der Waals surface area contributed by atoms with Crippen LogP contribution in [0.4, 0.5) is 4.39 Å². The van der Waals surface area contributed by atoms with Gasteiger partial charge in [-0.05, 0) is 29.5 Å². The Kier molecular flexibility index (Phi) is 4.72. The van der Waals surface area contributed by atoms with E-state index in [-0.39, 0.29) is 17.1 Å². The van der Waals surface area contributed by atoms with Crippen LogP contribution in [0.1, 0.15) is 46.6 Å². The van der Waals surface area contributed by atoms with Gasteiger partial charge in [-0.3, -0.25) is 4.79 Å². The first-order chi connectivity index (χ1) is 8.60. The van der Waals surface area contributed by atoms with E-state index in [0.29, 0.717) is 6.54 Å². The second-order valence-electron chi connectivity index (χ2n) is 6.93. The number of amides is 1. The Labute approximate surface area is 115 Å². The van der Waals surface area contributed by atoms with Gasteiger partial charge in [0.15, 0.2) is 0 Å². The van der Waals surface area contributed by atoms with Crippen LogP contribution in [0.25, 0.3) is 0 Å². The molecule has 1 aromatic rings. The molecule has 0 saturated heterocycles. The summed E-state index contributed by atoms with van der Waals surface area (Å²) in [5.74, 6) is -0.227. The third-order valence-corrected chi connectivity index (χ3v) is 2.95. The zero-order chi connectivity index (χ0) is 14.7. The third kappa shape index (κ3) is 5.41. The van der Waals surface area contributed by atoms with Gasteiger partial charge in [0.05, 0.1) is 0 Å². The van der Waals surface area contributed by atoms with Gasteiger partial charge in [0.1, 0.15) is 5.82 Å². The first kappa shape index (κ1) is 15.7. The summed E-state index contributed by atoms with van der Waals surface area (Å²) in [6.45, 7) is 10.7. The minimum atomic E-state index is -0.404. The molecule has 1 rings (SSSR count). The average molecular weight is 265 g/mol. The lowest BCUT2D eigenvalue weighted by atomic mass is 9.75. The van der Waals surface area contributed by atoms with Crippen molar-refractivity contribution < 1.29 is 9.18 Å². The molecule has 19 heavy (non-hydrogen) atoms. The standard InChI is InChI=1S/C16H24FNO/c1-15(2,3)11-16(4,5)14(19)18-10-12-6-8-13(17)9-7-12/h6-9H,10-11H2,1-5H3,(H,18,19). The molecule has 0 unspecified atom stereocenters. The molecule has 106 valence electrons. The maximum Gasteiger partial charge on any atom is 0.225 e. The summed E-state index contributed by atoms with van der Waals surface area (Å²) in [5.41, 5.74) is 0.607. The van der Waals surface area contributed by atoms with Crippen molar-refractivity contribution in [1.82, 2.24) is 5.32 Å². The quantitative estimate of drug-likeness (QED) is 0.878. The van der Waals surface area contributed by atoms with Gasteiger partial charge in [0.25, 0.3) is 0 Å². The Balaban J connectivity index is 2.57. The molecule has 0 aromatic heterocycles. The molecule has 0 aliphatic carbocycles. The highest BCUT2D eigenvalue weighted by Crippen LogP contribution is 2.33. The molecule has 0 bridgehead atoms. The van der Waals surface area contributed by atoms with Gasteiger partial charge in [-0.15, -0.1) is 0 Å². The SMILES string of the molecule is CC(C)(C)CC(C)(C)C(=O)NCc1ccc(F)cc1. The lowest BCUT2D eigenvalue weighted by Crippen LogP contribution is -2.38. The first-order valence-electron chi connectivity index (χ1n) is 6.63. The van der Waals surface area contributed by atoms with E-state index in [4.69, 9.17) is 0 Å².